The second kappa shape index (κ2) is 6.53. The summed E-state index contributed by atoms with van der Waals surface area (Å²) < 4.78 is 0. The molecule has 88 valence electrons. The first-order chi connectivity index (χ1) is 7.63. The van der Waals surface area contributed by atoms with Gasteiger partial charge in [0.1, 0.15) is 5.75 Å². The predicted octanol–water partition coefficient (Wildman–Crippen LogP) is 2.54. The van der Waals surface area contributed by atoms with Crippen molar-refractivity contribution in [1.82, 2.24) is 5.32 Å². The Morgan fingerprint density at radius 2 is 2.31 bits per heavy atom. The molecule has 1 atom stereocenters. The number of amides is 1. The van der Waals surface area contributed by atoms with Crippen LogP contribution in [0.3, 0.4) is 0 Å². The zero-order valence-corrected chi connectivity index (χ0v) is 10.8. The number of phenols is 1. The standard InChI is InChI=1S/C12H16BrNO2/c1-9(5-6-13)8-14-12(16)10-3-2-4-11(15)7-10/h2-4,7,9,15H,5-6,8H2,1H3,(H,14,16). The molecule has 1 aromatic carbocycles. The molecule has 1 aromatic rings. The van der Waals surface area contributed by atoms with Crippen LogP contribution in [0.2, 0.25) is 0 Å². The lowest BCUT2D eigenvalue weighted by Gasteiger charge is -2.11. The molecule has 0 aliphatic heterocycles. The molecule has 0 bridgehead atoms. The maximum absolute atomic E-state index is 11.7. The van der Waals surface area contributed by atoms with Crippen LogP contribution in [0, 0.1) is 5.92 Å². The Morgan fingerprint density at radius 1 is 1.56 bits per heavy atom. The Bertz CT molecular complexity index is 355. The summed E-state index contributed by atoms with van der Waals surface area (Å²) in [4.78, 5) is 11.7. The molecule has 0 aliphatic carbocycles. The average molecular weight is 286 g/mol. The van der Waals surface area contributed by atoms with E-state index in [0.717, 1.165) is 11.8 Å². The lowest BCUT2D eigenvalue weighted by Crippen LogP contribution is -2.28. The summed E-state index contributed by atoms with van der Waals surface area (Å²) in [6, 6.07) is 6.35. The fourth-order valence-corrected chi connectivity index (χ4v) is 2.09. The highest BCUT2D eigenvalue weighted by Gasteiger charge is 2.07. The number of carbonyl (C=O) groups excluding carboxylic acids is 1. The van der Waals surface area contributed by atoms with E-state index in [4.69, 9.17) is 0 Å². The Balaban J connectivity index is 2.47. The van der Waals surface area contributed by atoms with Gasteiger partial charge in [-0.05, 0) is 30.5 Å². The number of halogens is 1. The number of alkyl halides is 1. The third kappa shape index (κ3) is 4.23. The molecule has 0 aromatic heterocycles. The van der Waals surface area contributed by atoms with Crippen molar-refractivity contribution < 1.29 is 9.90 Å². The normalized spacial score (nSPS) is 12.1. The van der Waals surface area contributed by atoms with Crippen molar-refractivity contribution in [3.05, 3.63) is 29.8 Å². The molecule has 0 saturated heterocycles. The van der Waals surface area contributed by atoms with Gasteiger partial charge in [-0.1, -0.05) is 28.9 Å². The Hall–Kier alpha value is -1.03. The molecule has 4 heteroatoms. The molecule has 0 saturated carbocycles. The van der Waals surface area contributed by atoms with E-state index >= 15 is 0 Å². The van der Waals surface area contributed by atoms with Crippen molar-refractivity contribution in [1.29, 1.82) is 0 Å². The number of aromatic hydroxyl groups is 1. The minimum atomic E-state index is -0.141. The van der Waals surface area contributed by atoms with Crippen molar-refractivity contribution in [2.24, 2.45) is 5.92 Å². The number of phenolic OH excluding ortho intramolecular Hbond substituents is 1. The van der Waals surface area contributed by atoms with E-state index in [-0.39, 0.29) is 11.7 Å². The molecule has 0 spiro atoms. The summed E-state index contributed by atoms with van der Waals surface area (Å²) in [7, 11) is 0. The third-order valence-corrected chi connectivity index (χ3v) is 2.78. The Kier molecular flexibility index (Phi) is 5.32. The van der Waals surface area contributed by atoms with Gasteiger partial charge in [0.2, 0.25) is 0 Å². The minimum Gasteiger partial charge on any atom is -0.508 e. The summed E-state index contributed by atoms with van der Waals surface area (Å²) >= 11 is 3.37. The number of nitrogens with one attached hydrogen (secondary N) is 1. The zero-order chi connectivity index (χ0) is 12.0. The molecule has 0 radical (unpaired) electrons. The molecule has 3 nitrogen and oxygen atoms in total. The van der Waals surface area contributed by atoms with Crippen molar-refractivity contribution >= 4 is 21.8 Å². The van der Waals surface area contributed by atoms with Crippen LogP contribution in [0.15, 0.2) is 24.3 Å². The number of hydrogen-bond donors (Lipinski definition) is 2. The molecule has 1 unspecified atom stereocenters. The van der Waals surface area contributed by atoms with E-state index in [9.17, 15) is 9.90 Å². The SMILES string of the molecule is CC(CCBr)CNC(=O)c1cccc(O)c1. The van der Waals surface area contributed by atoms with Crippen LogP contribution in [-0.2, 0) is 0 Å². The molecule has 0 heterocycles. The molecule has 0 fully saturated rings. The van der Waals surface area contributed by atoms with Gasteiger partial charge < -0.3 is 10.4 Å². The van der Waals surface area contributed by atoms with Crippen LogP contribution >= 0.6 is 15.9 Å². The fourth-order valence-electron chi connectivity index (χ4n) is 1.30. The summed E-state index contributed by atoms with van der Waals surface area (Å²) in [5, 5.41) is 13.0. The van der Waals surface area contributed by atoms with Gasteiger partial charge in [-0.15, -0.1) is 0 Å². The van der Waals surface area contributed by atoms with Crippen molar-refractivity contribution in [2.75, 3.05) is 11.9 Å². The maximum Gasteiger partial charge on any atom is 0.251 e. The van der Waals surface area contributed by atoms with Gasteiger partial charge in [0, 0.05) is 17.4 Å². The topological polar surface area (TPSA) is 49.3 Å². The fraction of sp³-hybridized carbons (Fsp3) is 0.417. The molecule has 0 aliphatic rings. The largest absolute Gasteiger partial charge is 0.508 e. The molecule has 1 amide bonds. The highest BCUT2D eigenvalue weighted by Crippen LogP contribution is 2.11. The third-order valence-electron chi connectivity index (χ3n) is 2.32. The second-order valence-corrected chi connectivity index (χ2v) is 4.64. The summed E-state index contributed by atoms with van der Waals surface area (Å²) in [5.74, 6) is 0.416. The van der Waals surface area contributed by atoms with Crippen molar-refractivity contribution in [3.8, 4) is 5.75 Å². The zero-order valence-electron chi connectivity index (χ0n) is 9.24. The van der Waals surface area contributed by atoms with Gasteiger partial charge in [-0.3, -0.25) is 4.79 Å². The molecule has 16 heavy (non-hydrogen) atoms. The van der Waals surface area contributed by atoms with Gasteiger partial charge in [0.25, 0.3) is 5.91 Å². The van der Waals surface area contributed by atoms with Crippen LogP contribution in [0.25, 0.3) is 0 Å². The quantitative estimate of drug-likeness (QED) is 0.817. The number of carbonyl (C=O) groups is 1. The highest BCUT2D eigenvalue weighted by molar-refractivity contribution is 9.09. The van der Waals surface area contributed by atoms with Crippen LogP contribution in [-0.4, -0.2) is 22.9 Å². The van der Waals surface area contributed by atoms with Gasteiger partial charge in [0.05, 0.1) is 0 Å². The molecular formula is C12H16BrNO2. The summed E-state index contributed by atoms with van der Waals surface area (Å²) in [6.07, 6.45) is 1.03. The number of benzene rings is 1. The van der Waals surface area contributed by atoms with Crippen molar-refractivity contribution in [2.45, 2.75) is 13.3 Å². The first kappa shape index (κ1) is 13.0. The minimum absolute atomic E-state index is 0.112. The van der Waals surface area contributed by atoms with Crippen molar-refractivity contribution in [3.63, 3.8) is 0 Å². The van der Waals surface area contributed by atoms with Crippen LogP contribution < -0.4 is 5.32 Å². The lowest BCUT2D eigenvalue weighted by atomic mass is 10.1. The smallest absolute Gasteiger partial charge is 0.251 e. The first-order valence-corrected chi connectivity index (χ1v) is 6.39. The highest BCUT2D eigenvalue weighted by atomic mass is 79.9. The van der Waals surface area contributed by atoms with Gasteiger partial charge in [-0.2, -0.15) is 0 Å². The van der Waals surface area contributed by atoms with Crippen LogP contribution in [0.5, 0.6) is 5.75 Å². The maximum atomic E-state index is 11.7. The van der Waals surface area contributed by atoms with Gasteiger partial charge in [0.15, 0.2) is 0 Å². The van der Waals surface area contributed by atoms with E-state index in [0.29, 0.717) is 18.0 Å². The second-order valence-electron chi connectivity index (χ2n) is 3.84. The van der Waals surface area contributed by atoms with Gasteiger partial charge in [-0.25, -0.2) is 0 Å². The average Bonchev–Trinajstić information content (AvgIpc) is 2.26. The molecule has 2 N–H and O–H groups in total. The van der Waals surface area contributed by atoms with E-state index < -0.39 is 0 Å². The first-order valence-electron chi connectivity index (χ1n) is 5.26. The lowest BCUT2D eigenvalue weighted by molar-refractivity contribution is 0.0947. The Morgan fingerprint density at radius 3 is 2.94 bits per heavy atom. The monoisotopic (exact) mass is 285 g/mol. The summed E-state index contributed by atoms with van der Waals surface area (Å²) in [6.45, 7) is 2.74. The van der Waals surface area contributed by atoms with E-state index in [2.05, 4.69) is 28.2 Å². The van der Waals surface area contributed by atoms with E-state index in [1.165, 1.54) is 6.07 Å². The predicted molar refractivity (Wildman–Crippen MR) is 68.0 cm³/mol. The molecular weight excluding hydrogens is 270 g/mol. The number of hydrogen-bond acceptors (Lipinski definition) is 2. The Labute approximate surface area is 104 Å². The summed E-state index contributed by atoms with van der Waals surface area (Å²) in [5.41, 5.74) is 0.492. The van der Waals surface area contributed by atoms with Crippen LogP contribution in [0.4, 0.5) is 0 Å². The molecule has 1 rings (SSSR count). The van der Waals surface area contributed by atoms with E-state index in [1.807, 2.05) is 0 Å². The van der Waals surface area contributed by atoms with E-state index in [1.54, 1.807) is 18.2 Å². The van der Waals surface area contributed by atoms with Crippen LogP contribution in [0.1, 0.15) is 23.7 Å². The number of rotatable bonds is 5. The van der Waals surface area contributed by atoms with Gasteiger partial charge >= 0.3 is 0 Å².